The Morgan fingerprint density at radius 1 is 1.39 bits per heavy atom. The van der Waals surface area contributed by atoms with Gasteiger partial charge in [-0.2, -0.15) is 0 Å². The van der Waals surface area contributed by atoms with E-state index >= 15 is 0 Å². The highest BCUT2D eigenvalue weighted by molar-refractivity contribution is 8.09. The number of hydrogen-bond acceptors (Lipinski definition) is 3. The predicted molar refractivity (Wildman–Crippen MR) is 68.8 cm³/mol. The summed E-state index contributed by atoms with van der Waals surface area (Å²) >= 11 is 7.23. The first-order chi connectivity index (χ1) is 8.58. The largest absolute Gasteiger partial charge is 0.477 e. The Kier molecular flexibility index (Phi) is 2.60. The van der Waals surface area contributed by atoms with Gasteiger partial charge in [-0.05, 0) is 17.7 Å². The number of carbonyl (C=O) groups excluding carboxylic acids is 1. The van der Waals surface area contributed by atoms with Crippen molar-refractivity contribution in [3.05, 3.63) is 40.5 Å². The Balaban J connectivity index is 2.08. The molecule has 3 rings (SSSR count). The summed E-state index contributed by atoms with van der Waals surface area (Å²) in [6, 6.07) is 6.95. The molecule has 0 radical (unpaired) electrons. The average Bonchev–Trinajstić information content (AvgIpc) is 2.63. The average molecular weight is 282 g/mol. The van der Waals surface area contributed by atoms with Crippen molar-refractivity contribution in [1.29, 1.82) is 0 Å². The van der Waals surface area contributed by atoms with E-state index in [2.05, 4.69) is 0 Å². The first-order valence-electron chi connectivity index (χ1n) is 5.30. The van der Waals surface area contributed by atoms with E-state index in [-0.39, 0.29) is 17.0 Å². The molecule has 1 aromatic carbocycles. The van der Waals surface area contributed by atoms with E-state index in [1.807, 2.05) is 0 Å². The molecular formula is C12H8ClNO3S. The number of amides is 1. The van der Waals surface area contributed by atoms with Crippen LogP contribution in [0.3, 0.4) is 0 Å². The van der Waals surface area contributed by atoms with Gasteiger partial charge in [-0.3, -0.25) is 9.69 Å². The minimum atomic E-state index is -1.07. The van der Waals surface area contributed by atoms with Gasteiger partial charge in [-0.15, -0.1) is 0 Å². The van der Waals surface area contributed by atoms with Crippen LogP contribution in [0.5, 0.6) is 0 Å². The van der Waals surface area contributed by atoms with Crippen LogP contribution in [0.15, 0.2) is 30.0 Å². The Hall–Kier alpha value is -1.46. The molecule has 2 aliphatic rings. The highest BCUT2D eigenvalue weighted by atomic mass is 35.5. The minimum absolute atomic E-state index is 0.0609. The SMILES string of the molecule is O=C(O)C1=C(c2ccc(Cl)cc2)SC2CC(=O)N12. The molecule has 1 unspecified atom stereocenters. The summed E-state index contributed by atoms with van der Waals surface area (Å²) in [5.74, 6) is -1.20. The van der Waals surface area contributed by atoms with E-state index in [0.717, 1.165) is 5.56 Å². The van der Waals surface area contributed by atoms with Crippen molar-refractivity contribution in [2.45, 2.75) is 11.8 Å². The fourth-order valence-electron chi connectivity index (χ4n) is 2.06. The van der Waals surface area contributed by atoms with Crippen molar-refractivity contribution in [3.8, 4) is 0 Å². The number of hydrogen-bond donors (Lipinski definition) is 1. The van der Waals surface area contributed by atoms with Crippen LogP contribution in [0.2, 0.25) is 5.02 Å². The summed E-state index contributed by atoms with van der Waals surface area (Å²) in [5, 5.41) is 9.78. The smallest absolute Gasteiger partial charge is 0.353 e. The Morgan fingerprint density at radius 3 is 2.61 bits per heavy atom. The second-order valence-electron chi connectivity index (χ2n) is 4.03. The predicted octanol–water partition coefficient (Wildman–Crippen LogP) is 2.40. The van der Waals surface area contributed by atoms with Gasteiger partial charge in [0.25, 0.3) is 0 Å². The summed E-state index contributed by atoms with van der Waals surface area (Å²) in [7, 11) is 0. The van der Waals surface area contributed by atoms with Crippen LogP contribution in [0.1, 0.15) is 12.0 Å². The summed E-state index contributed by atoms with van der Waals surface area (Å²) in [6.45, 7) is 0. The second-order valence-corrected chi connectivity index (χ2v) is 5.65. The number of rotatable bonds is 2. The summed E-state index contributed by atoms with van der Waals surface area (Å²) < 4.78 is 0. The van der Waals surface area contributed by atoms with E-state index in [4.69, 9.17) is 11.6 Å². The molecule has 2 heterocycles. The minimum Gasteiger partial charge on any atom is -0.477 e. The summed E-state index contributed by atoms with van der Waals surface area (Å²) in [5.41, 5.74) is 0.868. The molecule has 1 saturated heterocycles. The zero-order chi connectivity index (χ0) is 12.9. The van der Waals surface area contributed by atoms with E-state index < -0.39 is 5.97 Å². The third-order valence-electron chi connectivity index (χ3n) is 2.92. The van der Waals surface area contributed by atoms with E-state index in [1.165, 1.54) is 16.7 Å². The van der Waals surface area contributed by atoms with Gasteiger partial charge in [0.2, 0.25) is 5.91 Å². The summed E-state index contributed by atoms with van der Waals surface area (Å²) in [4.78, 5) is 24.7. The molecule has 0 spiro atoms. The number of carboxylic acid groups (broad SMARTS) is 1. The van der Waals surface area contributed by atoms with E-state index in [9.17, 15) is 14.7 Å². The number of halogens is 1. The van der Waals surface area contributed by atoms with Crippen LogP contribution in [0.25, 0.3) is 4.91 Å². The van der Waals surface area contributed by atoms with Crippen LogP contribution in [-0.4, -0.2) is 27.3 Å². The molecule has 1 fully saturated rings. The van der Waals surface area contributed by atoms with Crippen molar-refractivity contribution in [2.24, 2.45) is 0 Å². The fourth-order valence-corrected chi connectivity index (χ4v) is 3.58. The molecule has 2 aliphatic heterocycles. The maximum absolute atomic E-state index is 11.5. The maximum Gasteiger partial charge on any atom is 0.353 e. The highest BCUT2D eigenvalue weighted by Crippen LogP contribution is 2.50. The van der Waals surface area contributed by atoms with Gasteiger partial charge in [0.1, 0.15) is 5.70 Å². The highest BCUT2D eigenvalue weighted by Gasteiger charge is 2.48. The van der Waals surface area contributed by atoms with Crippen molar-refractivity contribution >= 4 is 40.1 Å². The van der Waals surface area contributed by atoms with Gasteiger partial charge in [0.15, 0.2) is 0 Å². The zero-order valence-corrected chi connectivity index (χ0v) is 10.7. The molecule has 1 aromatic rings. The van der Waals surface area contributed by atoms with E-state index in [1.54, 1.807) is 24.3 Å². The third kappa shape index (κ3) is 1.62. The Bertz CT molecular complexity index is 581. The lowest BCUT2D eigenvalue weighted by Crippen LogP contribution is -2.48. The quantitative estimate of drug-likeness (QED) is 0.846. The number of fused-ring (bicyclic) bond motifs is 1. The van der Waals surface area contributed by atoms with Crippen molar-refractivity contribution in [2.75, 3.05) is 0 Å². The van der Waals surface area contributed by atoms with Gasteiger partial charge in [-0.25, -0.2) is 4.79 Å². The molecule has 1 N–H and O–H groups in total. The lowest BCUT2D eigenvalue weighted by molar-refractivity contribution is -0.145. The number of carbonyl (C=O) groups is 2. The summed E-state index contributed by atoms with van der Waals surface area (Å²) in [6.07, 6.45) is 0.401. The maximum atomic E-state index is 11.5. The molecule has 18 heavy (non-hydrogen) atoms. The number of thioether (sulfide) groups is 1. The third-order valence-corrected chi connectivity index (χ3v) is 4.49. The van der Waals surface area contributed by atoms with Gasteiger partial charge in [-0.1, -0.05) is 35.5 Å². The Morgan fingerprint density at radius 2 is 2.06 bits per heavy atom. The zero-order valence-electron chi connectivity index (χ0n) is 9.09. The molecule has 6 heteroatoms. The van der Waals surface area contributed by atoms with Crippen LogP contribution in [0, 0.1) is 0 Å². The molecule has 4 nitrogen and oxygen atoms in total. The first-order valence-corrected chi connectivity index (χ1v) is 6.56. The van der Waals surface area contributed by atoms with Crippen LogP contribution < -0.4 is 0 Å². The van der Waals surface area contributed by atoms with Crippen molar-refractivity contribution in [1.82, 2.24) is 4.90 Å². The van der Waals surface area contributed by atoms with Crippen molar-refractivity contribution < 1.29 is 14.7 Å². The number of β-lactam (4-membered cyclic amide) rings is 1. The molecule has 0 aromatic heterocycles. The number of aliphatic carboxylic acids is 1. The molecule has 0 aliphatic carbocycles. The normalized spacial score (nSPS) is 21.9. The first kappa shape index (κ1) is 11.6. The molecule has 0 bridgehead atoms. The van der Waals surface area contributed by atoms with Crippen LogP contribution in [0.4, 0.5) is 0 Å². The van der Waals surface area contributed by atoms with Gasteiger partial charge >= 0.3 is 5.97 Å². The molecular weight excluding hydrogens is 274 g/mol. The van der Waals surface area contributed by atoms with Gasteiger partial charge < -0.3 is 5.11 Å². The number of nitrogens with zero attached hydrogens (tertiary/aromatic N) is 1. The molecule has 0 saturated carbocycles. The van der Waals surface area contributed by atoms with Gasteiger partial charge in [0.05, 0.1) is 11.8 Å². The Labute approximate surface area is 112 Å². The van der Waals surface area contributed by atoms with Crippen molar-refractivity contribution in [3.63, 3.8) is 0 Å². The molecule has 1 amide bonds. The number of carboxylic acids is 1. The lowest BCUT2D eigenvalue weighted by Gasteiger charge is -2.33. The fraction of sp³-hybridized carbons (Fsp3) is 0.167. The topological polar surface area (TPSA) is 57.6 Å². The molecule has 1 atom stereocenters. The van der Waals surface area contributed by atoms with E-state index in [0.29, 0.717) is 16.3 Å². The standard InChI is InChI=1S/C12H8ClNO3S/c13-7-3-1-6(2-4-7)11-10(12(16)17)14-8(15)5-9(14)18-11/h1-4,9H,5H2,(H,16,17). The van der Waals surface area contributed by atoms with Gasteiger partial charge in [0, 0.05) is 9.93 Å². The monoisotopic (exact) mass is 281 g/mol. The van der Waals surface area contributed by atoms with Crippen LogP contribution >= 0.6 is 23.4 Å². The molecule has 92 valence electrons. The number of benzene rings is 1. The lowest BCUT2D eigenvalue weighted by atomic mass is 10.1. The second kappa shape index (κ2) is 4.03. The van der Waals surface area contributed by atoms with Crippen LogP contribution in [-0.2, 0) is 9.59 Å².